The van der Waals surface area contributed by atoms with Crippen molar-refractivity contribution in [1.29, 1.82) is 0 Å². The lowest BCUT2D eigenvalue weighted by atomic mass is 9.88. The van der Waals surface area contributed by atoms with Crippen molar-refractivity contribution >= 4 is 0 Å². The smallest absolute Gasteiger partial charge is 0.0474 e. The number of hydrogen-bond acceptors (Lipinski definition) is 2. The number of unbranched alkanes of at least 4 members (excludes halogenated alkanes) is 1. The molecule has 1 atom stereocenters. The zero-order valence-electron chi connectivity index (χ0n) is 9.01. The normalized spacial score (nSPS) is 15.3. The third-order valence-corrected chi connectivity index (χ3v) is 2.42. The number of rotatable bonds is 8. The minimum atomic E-state index is 0.0478. The second-order valence-corrected chi connectivity index (χ2v) is 3.78. The first-order valence-electron chi connectivity index (χ1n) is 5.10. The van der Waals surface area contributed by atoms with Gasteiger partial charge >= 0.3 is 0 Å². The summed E-state index contributed by atoms with van der Waals surface area (Å²) in [7, 11) is 0. The van der Waals surface area contributed by atoms with Crippen LogP contribution in [-0.4, -0.2) is 19.8 Å². The minimum Gasteiger partial charge on any atom is -0.381 e. The van der Waals surface area contributed by atoms with Gasteiger partial charge in [-0.25, -0.2) is 0 Å². The first kappa shape index (κ1) is 12.7. The third-order valence-electron chi connectivity index (χ3n) is 2.42. The molecule has 0 aromatic carbocycles. The van der Waals surface area contributed by atoms with Gasteiger partial charge in [0.05, 0.1) is 0 Å². The first-order chi connectivity index (χ1) is 6.18. The molecule has 0 saturated carbocycles. The number of ether oxygens (including phenoxy) is 1. The second-order valence-electron chi connectivity index (χ2n) is 3.78. The van der Waals surface area contributed by atoms with E-state index in [0.717, 1.165) is 26.1 Å². The molecule has 0 spiro atoms. The second kappa shape index (κ2) is 7.10. The van der Waals surface area contributed by atoms with Crippen molar-refractivity contribution in [2.24, 2.45) is 11.1 Å². The highest BCUT2D eigenvalue weighted by molar-refractivity contribution is 4.91. The maximum atomic E-state index is 5.63. The van der Waals surface area contributed by atoms with Crippen LogP contribution in [0.15, 0.2) is 12.7 Å². The maximum Gasteiger partial charge on any atom is 0.0474 e. The van der Waals surface area contributed by atoms with Crippen LogP contribution in [0.25, 0.3) is 0 Å². The fourth-order valence-electron chi connectivity index (χ4n) is 0.941. The summed E-state index contributed by atoms with van der Waals surface area (Å²) >= 11 is 0. The zero-order chi connectivity index (χ0) is 10.2. The third kappa shape index (κ3) is 5.83. The van der Waals surface area contributed by atoms with Crippen LogP contribution in [0.2, 0.25) is 0 Å². The van der Waals surface area contributed by atoms with Crippen molar-refractivity contribution < 1.29 is 4.74 Å². The molecule has 0 aliphatic heterocycles. The van der Waals surface area contributed by atoms with Gasteiger partial charge in [-0.2, -0.15) is 0 Å². The Bertz CT molecular complexity index is 136. The monoisotopic (exact) mass is 185 g/mol. The van der Waals surface area contributed by atoms with E-state index < -0.39 is 0 Å². The number of hydrogen-bond donors (Lipinski definition) is 1. The van der Waals surface area contributed by atoms with Gasteiger partial charge in [-0.05, 0) is 18.3 Å². The molecular formula is C11H23NO. The van der Waals surface area contributed by atoms with Crippen LogP contribution in [0.5, 0.6) is 0 Å². The fourth-order valence-corrected chi connectivity index (χ4v) is 0.941. The molecule has 2 nitrogen and oxygen atoms in total. The highest BCUT2D eigenvalue weighted by atomic mass is 16.5. The Labute approximate surface area is 82.2 Å². The highest BCUT2D eigenvalue weighted by Gasteiger charge is 2.17. The van der Waals surface area contributed by atoms with E-state index in [4.69, 9.17) is 10.5 Å². The van der Waals surface area contributed by atoms with E-state index >= 15 is 0 Å². The molecule has 0 rings (SSSR count). The Morgan fingerprint density at radius 1 is 1.46 bits per heavy atom. The molecule has 0 fully saturated rings. The van der Waals surface area contributed by atoms with Gasteiger partial charge in [-0.3, -0.25) is 0 Å². The van der Waals surface area contributed by atoms with E-state index in [1.807, 2.05) is 6.08 Å². The van der Waals surface area contributed by atoms with Gasteiger partial charge in [0.15, 0.2) is 0 Å². The molecule has 2 N–H and O–H groups in total. The quantitative estimate of drug-likeness (QED) is 0.465. The molecule has 0 radical (unpaired) electrons. The fraction of sp³-hybridized carbons (Fsp3) is 0.818. The van der Waals surface area contributed by atoms with E-state index in [2.05, 4.69) is 20.4 Å². The topological polar surface area (TPSA) is 35.2 Å². The molecule has 0 heterocycles. The van der Waals surface area contributed by atoms with Crippen LogP contribution >= 0.6 is 0 Å². The Hall–Kier alpha value is -0.340. The van der Waals surface area contributed by atoms with E-state index in [0.29, 0.717) is 6.54 Å². The summed E-state index contributed by atoms with van der Waals surface area (Å²) in [5.74, 6) is 0. The van der Waals surface area contributed by atoms with Gasteiger partial charge in [0, 0.05) is 19.8 Å². The molecule has 0 saturated heterocycles. The summed E-state index contributed by atoms with van der Waals surface area (Å²) in [4.78, 5) is 0. The lowest BCUT2D eigenvalue weighted by Crippen LogP contribution is -2.26. The van der Waals surface area contributed by atoms with Crippen LogP contribution in [0.4, 0.5) is 0 Å². The van der Waals surface area contributed by atoms with Crippen LogP contribution in [0, 0.1) is 5.41 Å². The largest absolute Gasteiger partial charge is 0.381 e. The first-order valence-corrected chi connectivity index (χ1v) is 5.10. The Morgan fingerprint density at radius 3 is 2.62 bits per heavy atom. The molecule has 0 aromatic rings. The van der Waals surface area contributed by atoms with Crippen molar-refractivity contribution in [2.75, 3.05) is 19.8 Å². The van der Waals surface area contributed by atoms with E-state index in [1.54, 1.807) is 0 Å². The average Bonchev–Trinajstić information content (AvgIpc) is 2.17. The molecule has 2 heteroatoms. The molecule has 13 heavy (non-hydrogen) atoms. The predicted octanol–water partition coefficient (Wildman–Crippen LogP) is 2.34. The molecule has 78 valence electrons. The summed E-state index contributed by atoms with van der Waals surface area (Å²) in [6.45, 7) is 10.4. The average molecular weight is 185 g/mol. The van der Waals surface area contributed by atoms with Crippen LogP contribution < -0.4 is 5.73 Å². The predicted molar refractivity (Wildman–Crippen MR) is 57.7 cm³/mol. The van der Waals surface area contributed by atoms with Crippen molar-refractivity contribution in [3.8, 4) is 0 Å². The minimum absolute atomic E-state index is 0.0478. The summed E-state index contributed by atoms with van der Waals surface area (Å²) in [5.41, 5.74) is 5.68. The van der Waals surface area contributed by atoms with Crippen molar-refractivity contribution in [3.63, 3.8) is 0 Å². The zero-order valence-corrected chi connectivity index (χ0v) is 9.01. The van der Waals surface area contributed by atoms with Crippen molar-refractivity contribution in [2.45, 2.75) is 33.1 Å². The van der Waals surface area contributed by atoms with Gasteiger partial charge in [-0.1, -0.05) is 26.3 Å². The molecular weight excluding hydrogens is 162 g/mol. The molecule has 0 aliphatic carbocycles. The van der Waals surface area contributed by atoms with Crippen LogP contribution in [0.3, 0.4) is 0 Å². The number of nitrogens with two attached hydrogens (primary N) is 1. The summed E-state index contributed by atoms with van der Waals surface area (Å²) in [5, 5.41) is 0. The van der Waals surface area contributed by atoms with Gasteiger partial charge in [0.25, 0.3) is 0 Å². The molecule has 0 aliphatic rings. The standard InChI is InChI=1S/C11H23NO/c1-4-6-8-13-9-7-11(3,5-2)10-12/h5H,2,4,6-10,12H2,1,3H3. The maximum absolute atomic E-state index is 5.63. The van der Waals surface area contributed by atoms with Gasteiger partial charge in [-0.15, -0.1) is 6.58 Å². The van der Waals surface area contributed by atoms with E-state index in [1.165, 1.54) is 6.42 Å². The highest BCUT2D eigenvalue weighted by Crippen LogP contribution is 2.20. The molecule has 0 bridgehead atoms. The summed E-state index contributed by atoms with van der Waals surface area (Å²) in [6.07, 6.45) is 5.23. The summed E-state index contributed by atoms with van der Waals surface area (Å²) in [6, 6.07) is 0. The SMILES string of the molecule is C=CC(C)(CN)CCOCCCC. The molecule has 0 aromatic heterocycles. The van der Waals surface area contributed by atoms with Crippen molar-refractivity contribution in [1.82, 2.24) is 0 Å². The van der Waals surface area contributed by atoms with Gasteiger partial charge < -0.3 is 10.5 Å². The molecule has 0 amide bonds. The van der Waals surface area contributed by atoms with Gasteiger partial charge in [0.2, 0.25) is 0 Å². The van der Waals surface area contributed by atoms with E-state index in [-0.39, 0.29) is 5.41 Å². The van der Waals surface area contributed by atoms with E-state index in [9.17, 15) is 0 Å². The van der Waals surface area contributed by atoms with Crippen LogP contribution in [0.1, 0.15) is 33.1 Å². The lowest BCUT2D eigenvalue weighted by Gasteiger charge is -2.23. The summed E-state index contributed by atoms with van der Waals surface area (Å²) < 4.78 is 5.47. The Kier molecular flexibility index (Phi) is 6.92. The lowest BCUT2D eigenvalue weighted by molar-refractivity contribution is 0.109. The Balaban J connectivity index is 3.44. The molecule has 1 unspecified atom stereocenters. The van der Waals surface area contributed by atoms with Crippen LogP contribution in [-0.2, 0) is 4.74 Å². The van der Waals surface area contributed by atoms with Crippen molar-refractivity contribution in [3.05, 3.63) is 12.7 Å². The Morgan fingerprint density at radius 2 is 2.15 bits per heavy atom. The van der Waals surface area contributed by atoms with Gasteiger partial charge in [0.1, 0.15) is 0 Å².